The number of hydrogen-bond acceptors (Lipinski definition) is 1. The van der Waals surface area contributed by atoms with Crippen LogP contribution >= 0.6 is 0 Å². The summed E-state index contributed by atoms with van der Waals surface area (Å²) in [5.41, 5.74) is 2.72. The largest absolute Gasteiger partial charge is 0.198 e. The van der Waals surface area contributed by atoms with E-state index in [-0.39, 0.29) is 0 Å². The monoisotopic (exact) mass is 249 g/mol. The molecule has 0 unspecified atom stereocenters. The molecule has 0 aliphatic heterocycles. The van der Waals surface area contributed by atoms with Crippen LogP contribution in [-0.2, 0) is 12.8 Å². The second-order valence-corrected chi connectivity index (χ2v) is 4.94. The van der Waals surface area contributed by atoms with Crippen LogP contribution in [0.25, 0.3) is 0 Å². The third-order valence-electron chi connectivity index (χ3n) is 3.40. The lowest BCUT2D eigenvalue weighted by Crippen LogP contribution is -2.08. The lowest BCUT2D eigenvalue weighted by Gasteiger charge is -2.15. The minimum absolute atomic E-state index is 0.546. The first kappa shape index (κ1) is 13.4. The summed E-state index contributed by atoms with van der Waals surface area (Å²) in [7, 11) is 0. The molecule has 2 aromatic rings. The van der Waals surface area contributed by atoms with Crippen LogP contribution in [0.5, 0.6) is 0 Å². The third-order valence-corrected chi connectivity index (χ3v) is 3.40. The third kappa shape index (κ3) is 4.60. The maximum absolute atomic E-state index is 8.80. The first-order chi connectivity index (χ1) is 9.38. The van der Waals surface area contributed by atoms with Gasteiger partial charge in [0.15, 0.2) is 0 Å². The Balaban J connectivity index is 2.02. The molecular formula is C18H19N. The highest BCUT2D eigenvalue weighted by molar-refractivity contribution is 5.18. The molecule has 0 amide bonds. The van der Waals surface area contributed by atoms with Gasteiger partial charge in [0.05, 0.1) is 6.07 Å². The highest BCUT2D eigenvalue weighted by Gasteiger charge is 2.10. The minimum Gasteiger partial charge on any atom is -0.198 e. The number of benzene rings is 2. The molecule has 0 fully saturated rings. The van der Waals surface area contributed by atoms with E-state index in [1.165, 1.54) is 11.1 Å². The average Bonchev–Trinajstić information content (AvgIpc) is 2.47. The van der Waals surface area contributed by atoms with E-state index in [1.54, 1.807) is 0 Å². The van der Waals surface area contributed by atoms with E-state index >= 15 is 0 Å². The molecule has 0 N–H and O–H groups in total. The fraction of sp³-hybridized carbons (Fsp3) is 0.278. The molecule has 0 heterocycles. The topological polar surface area (TPSA) is 23.8 Å². The summed E-state index contributed by atoms with van der Waals surface area (Å²) in [4.78, 5) is 0. The molecule has 1 heteroatoms. The zero-order valence-electron chi connectivity index (χ0n) is 11.1. The average molecular weight is 249 g/mol. The molecule has 0 aliphatic rings. The van der Waals surface area contributed by atoms with Gasteiger partial charge in [-0.05, 0) is 36.3 Å². The van der Waals surface area contributed by atoms with E-state index in [0.717, 1.165) is 19.3 Å². The van der Waals surface area contributed by atoms with Gasteiger partial charge in [0, 0.05) is 6.42 Å². The van der Waals surface area contributed by atoms with Crippen molar-refractivity contribution in [2.45, 2.75) is 25.7 Å². The van der Waals surface area contributed by atoms with Gasteiger partial charge in [-0.1, -0.05) is 60.7 Å². The number of nitriles is 1. The molecule has 0 spiro atoms. The van der Waals surface area contributed by atoms with Gasteiger partial charge in [-0.2, -0.15) is 5.26 Å². The predicted molar refractivity (Wildman–Crippen MR) is 78.6 cm³/mol. The van der Waals surface area contributed by atoms with Gasteiger partial charge >= 0.3 is 0 Å². The summed E-state index contributed by atoms with van der Waals surface area (Å²) >= 11 is 0. The van der Waals surface area contributed by atoms with Crippen LogP contribution in [0, 0.1) is 17.2 Å². The first-order valence-electron chi connectivity index (χ1n) is 6.83. The van der Waals surface area contributed by atoms with Crippen molar-refractivity contribution in [2.75, 3.05) is 0 Å². The van der Waals surface area contributed by atoms with E-state index in [1.807, 2.05) is 12.1 Å². The summed E-state index contributed by atoms with van der Waals surface area (Å²) in [6.45, 7) is 0. The second-order valence-electron chi connectivity index (χ2n) is 4.94. The molecular weight excluding hydrogens is 230 g/mol. The van der Waals surface area contributed by atoms with Crippen molar-refractivity contribution < 1.29 is 0 Å². The van der Waals surface area contributed by atoms with Crippen molar-refractivity contribution in [1.29, 1.82) is 5.26 Å². The molecule has 2 rings (SSSR count). The van der Waals surface area contributed by atoms with Gasteiger partial charge in [0.1, 0.15) is 0 Å². The van der Waals surface area contributed by atoms with E-state index in [9.17, 15) is 0 Å². The van der Waals surface area contributed by atoms with E-state index < -0.39 is 0 Å². The van der Waals surface area contributed by atoms with Gasteiger partial charge in [-0.15, -0.1) is 0 Å². The van der Waals surface area contributed by atoms with Crippen molar-refractivity contribution in [3.05, 3.63) is 71.8 Å². The highest BCUT2D eigenvalue weighted by Crippen LogP contribution is 2.19. The molecule has 0 bridgehead atoms. The molecule has 1 nitrogen and oxygen atoms in total. The lowest BCUT2D eigenvalue weighted by molar-refractivity contribution is 0.487. The van der Waals surface area contributed by atoms with Crippen molar-refractivity contribution >= 4 is 0 Å². The summed E-state index contributed by atoms with van der Waals surface area (Å²) in [5, 5.41) is 8.80. The van der Waals surface area contributed by atoms with E-state index in [4.69, 9.17) is 5.26 Å². The Kier molecular flexibility index (Phi) is 5.19. The minimum atomic E-state index is 0.546. The fourth-order valence-corrected chi connectivity index (χ4v) is 2.44. The molecule has 0 radical (unpaired) electrons. The first-order valence-corrected chi connectivity index (χ1v) is 6.83. The Bertz CT molecular complexity index is 469. The SMILES string of the molecule is N#CCCC(Cc1ccccc1)Cc1ccccc1. The Labute approximate surface area is 115 Å². The number of rotatable bonds is 6. The van der Waals surface area contributed by atoms with Gasteiger partial charge in [0.25, 0.3) is 0 Å². The van der Waals surface area contributed by atoms with Gasteiger partial charge in [-0.3, -0.25) is 0 Å². The number of hydrogen-bond donors (Lipinski definition) is 0. The molecule has 0 aliphatic carbocycles. The fourth-order valence-electron chi connectivity index (χ4n) is 2.44. The van der Waals surface area contributed by atoms with Crippen LogP contribution in [0.3, 0.4) is 0 Å². The van der Waals surface area contributed by atoms with Crippen LogP contribution in [0.4, 0.5) is 0 Å². The zero-order chi connectivity index (χ0) is 13.3. The number of nitrogens with zero attached hydrogens (tertiary/aromatic N) is 1. The van der Waals surface area contributed by atoms with Crippen LogP contribution in [0.15, 0.2) is 60.7 Å². The smallest absolute Gasteiger partial charge is 0.0621 e. The Morgan fingerprint density at radius 3 is 1.68 bits per heavy atom. The van der Waals surface area contributed by atoms with E-state index in [0.29, 0.717) is 12.3 Å². The molecule has 0 saturated heterocycles. The predicted octanol–water partition coefficient (Wildman–Crippen LogP) is 4.39. The van der Waals surface area contributed by atoms with Crippen molar-refractivity contribution in [2.24, 2.45) is 5.92 Å². The lowest BCUT2D eigenvalue weighted by atomic mass is 9.89. The molecule has 0 aromatic heterocycles. The summed E-state index contributed by atoms with van der Waals surface area (Å²) in [5.74, 6) is 0.546. The zero-order valence-corrected chi connectivity index (χ0v) is 11.1. The Morgan fingerprint density at radius 1 is 0.789 bits per heavy atom. The molecule has 96 valence electrons. The van der Waals surface area contributed by atoms with Gasteiger partial charge < -0.3 is 0 Å². The quantitative estimate of drug-likeness (QED) is 0.744. The standard InChI is InChI=1S/C18H19N/c19-13-7-12-18(14-16-8-3-1-4-9-16)15-17-10-5-2-6-11-17/h1-6,8-11,18H,7,12,14-15H2. The van der Waals surface area contributed by atoms with Crippen LogP contribution in [0.2, 0.25) is 0 Å². The second kappa shape index (κ2) is 7.38. The van der Waals surface area contributed by atoms with E-state index in [2.05, 4.69) is 54.6 Å². The van der Waals surface area contributed by atoms with Gasteiger partial charge in [0.2, 0.25) is 0 Å². The maximum Gasteiger partial charge on any atom is 0.0621 e. The highest BCUT2D eigenvalue weighted by atomic mass is 14.2. The molecule has 2 aromatic carbocycles. The van der Waals surface area contributed by atoms with Crippen molar-refractivity contribution in [3.63, 3.8) is 0 Å². The molecule has 0 atom stereocenters. The van der Waals surface area contributed by atoms with Crippen LogP contribution in [-0.4, -0.2) is 0 Å². The van der Waals surface area contributed by atoms with Gasteiger partial charge in [-0.25, -0.2) is 0 Å². The van der Waals surface area contributed by atoms with Crippen LogP contribution in [0.1, 0.15) is 24.0 Å². The van der Waals surface area contributed by atoms with Crippen LogP contribution < -0.4 is 0 Å². The summed E-state index contributed by atoms with van der Waals surface area (Å²) in [6, 6.07) is 23.4. The maximum atomic E-state index is 8.80. The van der Waals surface area contributed by atoms with Crippen molar-refractivity contribution in [1.82, 2.24) is 0 Å². The summed E-state index contributed by atoms with van der Waals surface area (Å²) < 4.78 is 0. The van der Waals surface area contributed by atoms with Crippen molar-refractivity contribution in [3.8, 4) is 6.07 Å². The summed E-state index contributed by atoms with van der Waals surface area (Å²) in [6.07, 6.45) is 3.72. The molecule has 19 heavy (non-hydrogen) atoms. The Hall–Kier alpha value is -2.07. The molecule has 0 saturated carbocycles. The normalized spacial score (nSPS) is 10.3. The Morgan fingerprint density at radius 2 is 1.26 bits per heavy atom.